The molecule has 3 N–H and O–H groups in total. The predicted molar refractivity (Wildman–Crippen MR) is 70.9 cm³/mol. The number of rotatable bonds is 4. The summed E-state index contributed by atoms with van der Waals surface area (Å²) in [5.74, 6) is 0.0734. The first kappa shape index (κ1) is 15.0. The second-order valence-corrected chi connectivity index (χ2v) is 5.87. The summed E-state index contributed by atoms with van der Waals surface area (Å²) < 4.78 is 0. The van der Waals surface area contributed by atoms with Crippen molar-refractivity contribution in [3.63, 3.8) is 0 Å². The van der Waals surface area contributed by atoms with Crippen LogP contribution in [0.15, 0.2) is 0 Å². The van der Waals surface area contributed by atoms with Crippen LogP contribution in [0.4, 0.5) is 0 Å². The topological polar surface area (TPSA) is 75.4 Å². The quantitative estimate of drug-likeness (QED) is 0.767. The van der Waals surface area contributed by atoms with E-state index >= 15 is 0 Å². The molecule has 0 aliphatic carbocycles. The Labute approximate surface area is 109 Å². The Bertz CT molecular complexity index is 310. The van der Waals surface area contributed by atoms with Gasteiger partial charge in [-0.3, -0.25) is 9.59 Å². The number of hydrogen-bond donors (Lipinski definition) is 2. The van der Waals surface area contributed by atoms with Crippen LogP contribution in [0.1, 0.15) is 40.0 Å². The Kier molecular flexibility index (Phi) is 5.14. The molecular weight excluding hydrogens is 230 g/mol. The second-order valence-electron chi connectivity index (χ2n) is 5.87. The highest BCUT2D eigenvalue weighted by Gasteiger charge is 2.27. The molecule has 1 fully saturated rings. The maximum absolute atomic E-state index is 12.0. The molecule has 0 bridgehead atoms. The van der Waals surface area contributed by atoms with Crippen LogP contribution < -0.4 is 11.1 Å². The van der Waals surface area contributed by atoms with Crippen molar-refractivity contribution in [2.75, 3.05) is 19.6 Å². The van der Waals surface area contributed by atoms with E-state index in [2.05, 4.69) is 5.32 Å². The van der Waals surface area contributed by atoms with Gasteiger partial charge in [0.1, 0.15) is 0 Å². The van der Waals surface area contributed by atoms with Crippen LogP contribution in [0.3, 0.4) is 0 Å². The zero-order valence-electron chi connectivity index (χ0n) is 11.7. The average Bonchev–Trinajstić information content (AvgIpc) is 2.75. The molecule has 0 radical (unpaired) electrons. The molecule has 5 heteroatoms. The summed E-state index contributed by atoms with van der Waals surface area (Å²) in [6, 6.07) is 0.191. The highest BCUT2D eigenvalue weighted by molar-refractivity contribution is 5.82. The fourth-order valence-corrected chi connectivity index (χ4v) is 2.10. The smallest absolute Gasteiger partial charge is 0.225 e. The molecule has 0 aromatic carbocycles. The van der Waals surface area contributed by atoms with Gasteiger partial charge >= 0.3 is 0 Å². The number of carbonyl (C=O) groups is 2. The molecule has 1 atom stereocenters. The van der Waals surface area contributed by atoms with Gasteiger partial charge in [0.15, 0.2) is 0 Å². The van der Waals surface area contributed by atoms with Gasteiger partial charge in [-0.25, -0.2) is 0 Å². The van der Waals surface area contributed by atoms with Crippen molar-refractivity contribution >= 4 is 11.8 Å². The predicted octanol–water partition coefficient (Wildman–Crippen LogP) is 0.489. The summed E-state index contributed by atoms with van der Waals surface area (Å²) in [4.78, 5) is 25.4. The van der Waals surface area contributed by atoms with Crippen molar-refractivity contribution < 1.29 is 9.59 Å². The molecule has 0 spiro atoms. The highest BCUT2D eigenvalue weighted by Crippen LogP contribution is 2.17. The Morgan fingerprint density at radius 3 is 2.61 bits per heavy atom. The van der Waals surface area contributed by atoms with Crippen LogP contribution in [0, 0.1) is 5.41 Å². The molecule has 1 rings (SSSR count). The summed E-state index contributed by atoms with van der Waals surface area (Å²) in [6.07, 6.45) is 2.39. The van der Waals surface area contributed by atoms with E-state index in [0.29, 0.717) is 19.5 Å². The van der Waals surface area contributed by atoms with E-state index in [1.54, 1.807) is 0 Å². The minimum absolute atomic E-state index is 0.0212. The van der Waals surface area contributed by atoms with E-state index in [4.69, 9.17) is 5.73 Å². The van der Waals surface area contributed by atoms with E-state index in [1.807, 2.05) is 25.7 Å². The average molecular weight is 255 g/mol. The Balaban J connectivity index is 2.31. The van der Waals surface area contributed by atoms with Crippen LogP contribution in [0.5, 0.6) is 0 Å². The zero-order valence-corrected chi connectivity index (χ0v) is 11.7. The van der Waals surface area contributed by atoms with Crippen LogP contribution in [0.25, 0.3) is 0 Å². The number of nitrogens with two attached hydrogens (primary N) is 1. The summed E-state index contributed by atoms with van der Waals surface area (Å²) in [7, 11) is 0. The lowest BCUT2D eigenvalue weighted by Crippen LogP contribution is -2.42. The molecule has 5 nitrogen and oxygen atoms in total. The highest BCUT2D eigenvalue weighted by atomic mass is 16.2. The number of amides is 2. The number of nitrogens with zero attached hydrogens (tertiary/aromatic N) is 1. The van der Waals surface area contributed by atoms with Gasteiger partial charge in [-0.2, -0.15) is 0 Å². The largest absolute Gasteiger partial charge is 0.355 e. The van der Waals surface area contributed by atoms with Crippen molar-refractivity contribution in [1.82, 2.24) is 10.2 Å². The minimum atomic E-state index is -0.406. The van der Waals surface area contributed by atoms with Crippen LogP contribution in [-0.2, 0) is 9.59 Å². The van der Waals surface area contributed by atoms with Gasteiger partial charge in [0.05, 0.1) is 0 Å². The van der Waals surface area contributed by atoms with Crippen molar-refractivity contribution in [3.05, 3.63) is 0 Å². The third kappa shape index (κ3) is 3.98. The lowest BCUT2D eigenvalue weighted by atomic mass is 9.96. The second kappa shape index (κ2) is 6.18. The first-order chi connectivity index (χ1) is 8.36. The molecule has 2 amide bonds. The van der Waals surface area contributed by atoms with E-state index < -0.39 is 5.41 Å². The fraction of sp³-hybridized carbons (Fsp3) is 0.846. The van der Waals surface area contributed by atoms with Gasteiger partial charge < -0.3 is 16.0 Å². The molecule has 1 saturated heterocycles. The molecule has 0 aromatic heterocycles. The van der Waals surface area contributed by atoms with Crippen molar-refractivity contribution in [2.45, 2.75) is 46.1 Å². The summed E-state index contributed by atoms with van der Waals surface area (Å²) in [5, 5.41) is 2.79. The Hall–Kier alpha value is -1.10. The van der Waals surface area contributed by atoms with Crippen molar-refractivity contribution in [1.29, 1.82) is 0 Å². The molecule has 1 unspecified atom stereocenters. The molecule has 18 heavy (non-hydrogen) atoms. The lowest BCUT2D eigenvalue weighted by Gasteiger charge is -2.24. The maximum Gasteiger partial charge on any atom is 0.225 e. The van der Waals surface area contributed by atoms with Gasteiger partial charge in [-0.15, -0.1) is 0 Å². The third-order valence-corrected chi connectivity index (χ3v) is 3.28. The normalized spacial score (nSPS) is 20.0. The van der Waals surface area contributed by atoms with E-state index in [9.17, 15) is 9.59 Å². The summed E-state index contributed by atoms with van der Waals surface area (Å²) >= 11 is 0. The first-order valence-electron chi connectivity index (χ1n) is 6.64. The maximum atomic E-state index is 12.0. The van der Waals surface area contributed by atoms with Gasteiger partial charge in [0.2, 0.25) is 11.8 Å². The first-order valence-corrected chi connectivity index (χ1v) is 6.64. The number of hydrogen-bond acceptors (Lipinski definition) is 3. The zero-order chi connectivity index (χ0) is 13.8. The van der Waals surface area contributed by atoms with Gasteiger partial charge in [-0.1, -0.05) is 20.8 Å². The molecule has 0 saturated carbocycles. The van der Waals surface area contributed by atoms with Crippen molar-refractivity contribution in [2.24, 2.45) is 11.1 Å². The molecule has 1 heterocycles. The van der Waals surface area contributed by atoms with Crippen LogP contribution in [0.2, 0.25) is 0 Å². The van der Waals surface area contributed by atoms with E-state index in [-0.39, 0.29) is 17.9 Å². The van der Waals surface area contributed by atoms with Gasteiger partial charge in [0, 0.05) is 37.5 Å². The molecule has 1 aliphatic heterocycles. The van der Waals surface area contributed by atoms with Gasteiger partial charge in [-0.05, 0) is 12.8 Å². The summed E-state index contributed by atoms with van der Waals surface area (Å²) in [5.41, 5.74) is 5.23. The van der Waals surface area contributed by atoms with Crippen LogP contribution >= 0.6 is 0 Å². The minimum Gasteiger partial charge on any atom is -0.355 e. The van der Waals surface area contributed by atoms with Gasteiger partial charge in [0.25, 0.3) is 0 Å². The van der Waals surface area contributed by atoms with E-state index in [0.717, 1.165) is 19.4 Å². The molecule has 104 valence electrons. The fourth-order valence-electron chi connectivity index (χ4n) is 2.10. The standard InChI is InChI=1S/C13H25N3O2/c1-13(2,3)12(18)15-7-6-11(17)16-8-4-5-10(16)9-14/h10H,4-9,14H2,1-3H3,(H,15,18). The molecule has 0 aromatic rings. The monoisotopic (exact) mass is 255 g/mol. The Morgan fingerprint density at radius 1 is 1.39 bits per heavy atom. The SMILES string of the molecule is CC(C)(C)C(=O)NCCC(=O)N1CCCC1CN. The lowest BCUT2D eigenvalue weighted by molar-refractivity contribution is -0.132. The number of carbonyl (C=O) groups excluding carboxylic acids is 2. The van der Waals surface area contributed by atoms with Crippen molar-refractivity contribution in [3.8, 4) is 0 Å². The third-order valence-electron chi connectivity index (χ3n) is 3.28. The molecule has 1 aliphatic rings. The number of likely N-dealkylation sites (tertiary alicyclic amines) is 1. The number of nitrogens with one attached hydrogen (secondary N) is 1. The summed E-state index contributed by atoms with van der Waals surface area (Å²) in [6.45, 7) is 7.30. The van der Waals surface area contributed by atoms with Crippen LogP contribution in [-0.4, -0.2) is 42.4 Å². The van der Waals surface area contributed by atoms with E-state index in [1.165, 1.54) is 0 Å². The Morgan fingerprint density at radius 2 is 2.06 bits per heavy atom. The molecular formula is C13H25N3O2.